The van der Waals surface area contributed by atoms with E-state index >= 15 is 0 Å². The lowest BCUT2D eigenvalue weighted by atomic mass is 10.2. The van der Waals surface area contributed by atoms with Gasteiger partial charge in [0.05, 0.1) is 10.6 Å². The summed E-state index contributed by atoms with van der Waals surface area (Å²) in [7, 11) is 0. The van der Waals surface area contributed by atoms with Crippen LogP contribution in [0.5, 0.6) is 0 Å². The molecular formula is C13H10ClFN2O2S. The zero-order valence-electron chi connectivity index (χ0n) is 10.1. The zero-order chi connectivity index (χ0) is 14.5. The quantitative estimate of drug-likeness (QED) is 0.829. The maximum atomic E-state index is 13.0. The first-order valence-corrected chi connectivity index (χ1v) is 6.79. The van der Waals surface area contributed by atoms with Gasteiger partial charge >= 0.3 is 5.97 Å². The van der Waals surface area contributed by atoms with E-state index in [9.17, 15) is 9.18 Å². The molecule has 0 aliphatic heterocycles. The lowest BCUT2D eigenvalue weighted by Gasteiger charge is -2.06. The van der Waals surface area contributed by atoms with Crippen LogP contribution < -0.4 is 4.72 Å². The summed E-state index contributed by atoms with van der Waals surface area (Å²) in [5.74, 6) is -1.51. The number of benzene rings is 1. The molecule has 4 nitrogen and oxygen atoms in total. The van der Waals surface area contributed by atoms with Crippen LogP contribution in [0.15, 0.2) is 41.6 Å². The molecule has 1 aromatic heterocycles. The first-order valence-electron chi connectivity index (χ1n) is 5.60. The van der Waals surface area contributed by atoms with Gasteiger partial charge in [-0.2, -0.15) is 0 Å². The Balaban J connectivity index is 1.99. The minimum Gasteiger partial charge on any atom is -0.478 e. The fraction of sp³-hybridized carbons (Fsp3) is 0.0769. The van der Waals surface area contributed by atoms with Crippen LogP contribution in [0, 0.1) is 5.82 Å². The van der Waals surface area contributed by atoms with Crippen LogP contribution in [-0.2, 0) is 6.54 Å². The van der Waals surface area contributed by atoms with Gasteiger partial charge in [0.25, 0.3) is 0 Å². The van der Waals surface area contributed by atoms with Crippen LogP contribution in [0.25, 0.3) is 0 Å². The van der Waals surface area contributed by atoms with E-state index in [1.807, 2.05) is 0 Å². The lowest BCUT2D eigenvalue weighted by Crippen LogP contribution is -2.07. The third-order valence-corrected chi connectivity index (χ3v) is 3.53. The van der Waals surface area contributed by atoms with Gasteiger partial charge in [0, 0.05) is 12.7 Å². The second-order valence-electron chi connectivity index (χ2n) is 3.83. The van der Waals surface area contributed by atoms with E-state index in [0.29, 0.717) is 11.6 Å². The second kappa shape index (κ2) is 6.69. The molecular weight excluding hydrogens is 303 g/mol. The molecule has 0 radical (unpaired) electrons. The van der Waals surface area contributed by atoms with Crippen molar-refractivity contribution < 1.29 is 14.3 Å². The number of nitrogens with one attached hydrogen (secondary N) is 1. The van der Waals surface area contributed by atoms with Gasteiger partial charge in [-0.25, -0.2) is 14.2 Å². The molecule has 0 aliphatic carbocycles. The molecule has 0 saturated carbocycles. The normalized spacial score (nSPS) is 10.5. The van der Waals surface area contributed by atoms with Gasteiger partial charge in [0.2, 0.25) is 0 Å². The first-order chi connectivity index (χ1) is 9.58. The standard InChI is InChI=1S/C13H10ClFN2O2S/c14-10-6-8(3-4-11(10)15)7-17-20-12-9(13(18)19)2-1-5-16-12/h1-6,17H,7H2,(H,18,19). The summed E-state index contributed by atoms with van der Waals surface area (Å²) >= 11 is 6.78. The van der Waals surface area contributed by atoms with Crippen molar-refractivity contribution in [3.63, 3.8) is 0 Å². The van der Waals surface area contributed by atoms with E-state index in [2.05, 4.69) is 9.71 Å². The van der Waals surface area contributed by atoms with Crippen molar-refractivity contribution in [2.45, 2.75) is 11.6 Å². The monoisotopic (exact) mass is 312 g/mol. The Bertz CT molecular complexity index is 640. The van der Waals surface area contributed by atoms with E-state index in [-0.39, 0.29) is 10.6 Å². The Hall–Kier alpha value is -1.63. The minimum atomic E-state index is -1.03. The van der Waals surface area contributed by atoms with Crippen molar-refractivity contribution in [1.82, 2.24) is 9.71 Å². The molecule has 2 N–H and O–H groups in total. The van der Waals surface area contributed by atoms with E-state index in [1.165, 1.54) is 24.4 Å². The van der Waals surface area contributed by atoms with Crippen LogP contribution in [0.1, 0.15) is 15.9 Å². The van der Waals surface area contributed by atoms with Crippen molar-refractivity contribution in [3.8, 4) is 0 Å². The number of hydrogen-bond donors (Lipinski definition) is 2. The van der Waals surface area contributed by atoms with Crippen LogP contribution in [0.2, 0.25) is 5.02 Å². The van der Waals surface area contributed by atoms with Gasteiger partial charge in [0.15, 0.2) is 0 Å². The molecule has 1 aromatic carbocycles. The molecule has 2 rings (SSSR count). The highest BCUT2D eigenvalue weighted by atomic mass is 35.5. The SMILES string of the molecule is O=C(O)c1cccnc1SNCc1ccc(F)c(Cl)c1. The van der Waals surface area contributed by atoms with Gasteiger partial charge < -0.3 is 5.11 Å². The van der Waals surface area contributed by atoms with Gasteiger partial charge in [0.1, 0.15) is 10.8 Å². The average Bonchev–Trinajstić information content (AvgIpc) is 2.43. The number of aromatic carboxylic acids is 1. The summed E-state index contributed by atoms with van der Waals surface area (Å²) in [5, 5.41) is 9.43. The van der Waals surface area contributed by atoms with Gasteiger partial charge in [-0.15, -0.1) is 0 Å². The Morgan fingerprint density at radius 1 is 1.45 bits per heavy atom. The summed E-state index contributed by atoms with van der Waals surface area (Å²) < 4.78 is 16.0. The highest BCUT2D eigenvalue weighted by molar-refractivity contribution is 7.97. The number of hydrogen-bond acceptors (Lipinski definition) is 4. The molecule has 0 fully saturated rings. The fourth-order valence-corrected chi connectivity index (χ4v) is 2.43. The third-order valence-electron chi connectivity index (χ3n) is 2.43. The van der Waals surface area contributed by atoms with Crippen LogP contribution in [-0.4, -0.2) is 16.1 Å². The number of nitrogens with zero attached hydrogens (tertiary/aromatic N) is 1. The van der Waals surface area contributed by atoms with E-state index in [4.69, 9.17) is 16.7 Å². The van der Waals surface area contributed by atoms with Gasteiger partial charge in [-0.3, -0.25) is 4.72 Å². The molecule has 20 heavy (non-hydrogen) atoms. The van der Waals surface area contributed by atoms with E-state index < -0.39 is 11.8 Å². The van der Waals surface area contributed by atoms with E-state index in [1.54, 1.807) is 12.1 Å². The number of aromatic nitrogens is 1. The third kappa shape index (κ3) is 3.69. The molecule has 104 valence electrons. The first kappa shape index (κ1) is 14.8. The number of carbonyl (C=O) groups is 1. The molecule has 0 spiro atoms. The molecule has 0 atom stereocenters. The summed E-state index contributed by atoms with van der Waals surface area (Å²) in [6.45, 7) is 0.403. The maximum Gasteiger partial charge on any atom is 0.338 e. The Kier molecular flexibility index (Phi) is 4.94. The second-order valence-corrected chi connectivity index (χ2v) is 5.12. The molecule has 0 unspecified atom stereocenters. The topological polar surface area (TPSA) is 62.2 Å². The molecule has 0 saturated heterocycles. The maximum absolute atomic E-state index is 13.0. The number of carboxylic acids is 1. The molecule has 0 aliphatic rings. The number of carboxylic acid groups (broad SMARTS) is 1. The zero-order valence-corrected chi connectivity index (χ0v) is 11.7. The molecule has 0 bridgehead atoms. The largest absolute Gasteiger partial charge is 0.478 e. The van der Waals surface area contributed by atoms with Crippen molar-refractivity contribution in [3.05, 3.63) is 58.5 Å². The predicted octanol–water partition coefficient (Wildman–Crippen LogP) is 3.37. The summed E-state index contributed by atoms with van der Waals surface area (Å²) in [5.41, 5.74) is 0.916. The number of pyridine rings is 1. The van der Waals surface area contributed by atoms with Crippen molar-refractivity contribution >= 4 is 29.5 Å². The van der Waals surface area contributed by atoms with Gasteiger partial charge in [-0.1, -0.05) is 17.7 Å². The van der Waals surface area contributed by atoms with E-state index in [0.717, 1.165) is 17.5 Å². The highest BCUT2D eigenvalue weighted by Crippen LogP contribution is 2.19. The van der Waals surface area contributed by atoms with Crippen LogP contribution >= 0.6 is 23.5 Å². The minimum absolute atomic E-state index is 0.0540. The van der Waals surface area contributed by atoms with Crippen molar-refractivity contribution in [2.75, 3.05) is 0 Å². The highest BCUT2D eigenvalue weighted by Gasteiger charge is 2.10. The van der Waals surface area contributed by atoms with Gasteiger partial charge in [-0.05, 0) is 41.8 Å². The Labute approximate surface area is 124 Å². The Morgan fingerprint density at radius 2 is 2.25 bits per heavy atom. The molecule has 1 heterocycles. The molecule has 2 aromatic rings. The molecule has 7 heteroatoms. The smallest absolute Gasteiger partial charge is 0.338 e. The summed E-state index contributed by atoms with van der Waals surface area (Å²) in [6, 6.07) is 7.45. The fourth-order valence-electron chi connectivity index (χ4n) is 1.47. The lowest BCUT2D eigenvalue weighted by molar-refractivity contribution is 0.0692. The Morgan fingerprint density at radius 3 is 2.95 bits per heavy atom. The summed E-state index contributed by atoms with van der Waals surface area (Å²) in [6.07, 6.45) is 1.52. The number of rotatable bonds is 5. The number of halogens is 2. The predicted molar refractivity (Wildman–Crippen MR) is 75.3 cm³/mol. The van der Waals surface area contributed by atoms with Crippen molar-refractivity contribution in [1.29, 1.82) is 0 Å². The van der Waals surface area contributed by atoms with Crippen LogP contribution in [0.3, 0.4) is 0 Å². The van der Waals surface area contributed by atoms with Crippen molar-refractivity contribution in [2.24, 2.45) is 0 Å². The van der Waals surface area contributed by atoms with Crippen LogP contribution in [0.4, 0.5) is 4.39 Å². The average molecular weight is 313 g/mol. The summed E-state index contributed by atoms with van der Waals surface area (Å²) in [4.78, 5) is 15.0. The molecule has 0 amide bonds.